The molecule has 0 atom stereocenters. The Bertz CT molecular complexity index is 517. The molecule has 2 rings (SSSR count). The highest BCUT2D eigenvalue weighted by molar-refractivity contribution is 6.33. The molecule has 20 heavy (non-hydrogen) atoms. The summed E-state index contributed by atoms with van der Waals surface area (Å²) >= 11 is 5.95. The van der Waals surface area contributed by atoms with Crippen molar-refractivity contribution in [3.63, 3.8) is 0 Å². The minimum absolute atomic E-state index is 0.0707. The van der Waals surface area contributed by atoms with Gasteiger partial charge in [-0.2, -0.15) is 0 Å². The molecule has 1 fully saturated rings. The second-order valence-corrected chi connectivity index (χ2v) is 4.99. The van der Waals surface area contributed by atoms with E-state index in [2.05, 4.69) is 20.9 Å². The zero-order valence-corrected chi connectivity index (χ0v) is 12.0. The molecule has 2 amide bonds. The predicted octanol–water partition coefficient (Wildman–Crippen LogP) is 1.18. The average Bonchev–Trinajstić information content (AvgIpc) is 3.22. The average molecular weight is 297 g/mol. The van der Waals surface area contributed by atoms with Crippen molar-refractivity contribution in [2.24, 2.45) is 0 Å². The number of carbonyl (C=O) groups is 2. The summed E-state index contributed by atoms with van der Waals surface area (Å²) in [6.45, 7) is 2.55. The molecule has 1 aromatic rings. The first kappa shape index (κ1) is 14.6. The number of hydrogen-bond acceptors (Lipinski definition) is 4. The van der Waals surface area contributed by atoms with Gasteiger partial charge in [-0.25, -0.2) is 4.98 Å². The Balaban J connectivity index is 1.93. The predicted molar refractivity (Wildman–Crippen MR) is 76.9 cm³/mol. The third-order valence-corrected chi connectivity index (χ3v) is 3.08. The van der Waals surface area contributed by atoms with Crippen LogP contribution in [-0.4, -0.2) is 35.9 Å². The van der Waals surface area contributed by atoms with Crippen LogP contribution in [0, 0.1) is 0 Å². The Morgan fingerprint density at radius 1 is 1.40 bits per heavy atom. The number of aromatic nitrogens is 1. The van der Waals surface area contributed by atoms with Gasteiger partial charge in [-0.3, -0.25) is 9.59 Å². The van der Waals surface area contributed by atoms with Crippen molar-refractivity contribution in [3.8, 4) is 0 Å². The van der Waals surface area contributed by atoms with Crippen molar-refractivity contribution < 1.29 is 9.59 Å². The van der Waals surface area contributed by atoms with Gasteiger partial charge in [0.15, 0.2) is 0 Å². The summed E-state index contributed by atoms with van der Waals surface area (Å²) in [4.78, 5) is 27.6. The lowest BCUT2D eigenvalue weighted by Gasteiger charge is -2.08. The fourth-order valence-electron chi connectivity index (χ4n) is 1.63. The minimum Gasteiger partial charge on any atom is -0.370 e. The summed E-state index contributed by atoms with van der Waals surface area (Å²) in [5.74, 6) is -0.0787. The molecule has 1 aliphatic carbocycles. The van der Waals surface area contributed by atoms with Gasteiger partial charge in [0, 0.05) is 12.6 Å². The van der Waals surface area contributed by atoms with Crippen molar-refractivity contribution in [1.82, 2.24) is 15.6 Å². The third kappa shape index (κ3) is 4.09. The molecule has 0 bridgehead atoms. The normalized spacial score (nSPS) is 13.7. The molecule has 1 aliphatic rings. The van der Waals surface area contributed by atoms with E-state index in [-0.39, 0.29) is 29.2 Å². The van der Waals surface area contributed by atoms with Crippen molar-refractivity contribution in [1.29, 1.82) is 0 Å². The number of hydrogen-bond donors (Lipinski definition) is 3. The Labute approximate surface area is 122 Å². The van der Waals surface area contributed by atoms with E-state index in [1.54, 1.807) is 12.1 Å². The van der Waals surface area contributed by atoms with Crippen molar-refractivity contribution in [2.45, 2.75) is 25.8 Å². The number of nitrogens with one attached hydrogen (secondary N) is 3. The first-order chi connectivity index (χ1) is 9.60. The molecule has 1 heterocycles. The van der Waals surface area contributed by atoms with Crippen LogP contribution in [0.5, 0.6) is 0 Å². The number of rotatable bonds is 6. The number of anilines is 1. The zero-order chi connectivity index (χ0) is 14.5. The van der Waals surface area contributed by atoms with Gasteiger partial charge in [-0.1, -0.05) is 11.6 Å². The first-order valence-corrected chi connectivity index (χ1v) is 6.96. The Morgan fingerprint density at radius 3 is 2.80 bits per heavy atom. The highest BCUT2D eigenvalue weighted by atomic mass is 35.5. The molecule has 7 heteroatoms. The van der Waals surface area contributed by atoms with E-state index in [1.807, 2.05) is 6.92 Å². The van der Waals surface area contributed by atoms with Crippen LogP contribution in [0.2, 0.25) is 5.02 Å². The fraction of sp³-hybridized carbons (Fsp3) is 0.462. The van der Waals surface area contributed by atoms with Gasteiger partial charge in [0.05, 0.1) is 11.6 Å². The highest BCUT2D eigenvalue weighted by Gasteiger charge is 2.23. The molecule has 0 spiro atoms. The lowest BCUT2D eigenvalue weighted by atomic mass is 10.3. The minimum atomic E-state index is -0.458. The quantitative estimate of drug-likeness (QED) is 0.736. The summed E-state index contributed by atoms with van der Waals surface area (Å²) in [6.07, 6.45) is 2.02. The topological polar surface area (TPSA) is 83.1 Å². The van der Waals surface area contributed by atoms with E-state index >= 15 is 0 Å². The van der Waals surface area contributed by atoms with Crippen LogP contribution in [0.4, 0.5) is 5.82 Å². The van der Waals surface area contributed by atoms with Crippen molar-refractivity contribution >= 4 is 29.2 Å². The van der Waals surface area contributed by atoms with E-state index in [1.165, 1.54) is 0 Å². The molecule has 108 valence electrons. The summed E-state index contributed by atoms with van der Waals surface area (Å²) in [5.41, 5.74) is 0.115. The van der Waals surface area contributed by atoms with Crippen LogP contribution in [0.25, 0.3) is 0 Å². The molecule has 0 aliphatic heterocycles. The molecule has 3 N–H and O–H groups in total. The molecular weight excluding hydrogens is 280 g/mol. The van der Waals surface area contributed by atoms with E-state index in [0.717, 1.165) is 12.8 Å². The fourth-order valence-corrected chi connectivity index (χ4v) is 1.82. The van der Waals surface area contributed by atoms with Crippen LogP contribution in [-0.2, 0) is 4.79 Å². The van der Waals surface area contributed by atoms with Crippen LogP contribution in [0.1, 0.15) is 30.3 Å². The number of carbonyl (C=O) groups excluding carboxylic acids is 2. The second kappa shape index (κ2) is 6.56. The van der Waals surface area contributed by atoms with Gasteiger partial charge >= 0.3 is 0 Å². The third-order valence-electron chi connectivity index (χ3n) is 2.77. The van der Waals surface area contributed by atoms with Gasteiger partial charge in [0.25, 0.3) is 5.91 Å². The van der Waals surface area contributed by atoms with Crippen LogP contribution in [0.3, 0.4) is 0 Å². The summed E-state index contributed by atoms with van der Waals surface area (Å²) < 4.78 is 0. The van der Waals surface area contributed by atoms with Crippen LogP contribution < -0.4 is 16.0 Å². The number of pyridine rings is 1. The maximum Gasteiger partial charge on any atom is 0.271 e. The second-order valence-electron chi connectivity index (χ2n) is 4.58. The van der Waals surface area contributed by atoms with Crippen LogP contribution in [0.15, 0.2) is 12.1 Å². The van der Waals surface area contributed by atoms with Gasteiger partial charge in [0.2, 0.25) is 5.91 Å². The SMILES string of the molecule is CCNc1ccc(Cl)c(C(=O)NCC(=O)NC2CC2)n1. The molecule has 0 radical (unpaired) electrons. The molecule has 0 saturated heterocycles. The van der Waals surface area contributed by atoms with E-state index < -0.39 is 5.91 Å². The highest BCUT2D eigenvalue weighted by Crippen LogP contribution is 2.18. The number of amides is 2. The summed E-state index contributed by atoms with van der Waals surface area (Å²) in [7, 11) is 0. The van der Waals surface area contributed by atoms with Gasteiger partial charge in [-0.15, -0.1) is 0 Å². The smallest absolute Gasteiger partial charge is 0.271 e. The number of halogens is 1. The Kier molecular flexibility index (Phi) is 4.79. The largest absolute Gasteiger partial charge is 0.370 e. The number of nitrogens with zero attached hydrogens (tertiary/aromatic N) is 1. The Morgan fingerprint density at radius 2 is 2.15 bits per heavy atom. The lowest BCUT2D eigenvalue weighted by molar-refractivity contribution is -0.120. The van der Waals surface area contributed by atoms with E-state index in [9.17, 15) is 9.59 Å². The van der Waals surface area contributed by atoms with Crippen LogP contribution >= 0.6 is 11.6 Å². The molecule has 6 nitrogen and oxygen atoms in total. The van der Waals surface area contributed by atoms with Crippen molar-refractivity contribution in [3.05, 3.63) is 22.8 Å². The zero-order valence-electron chi connectivity index (χ0n) is 11.2. The van der Waals surface area contributed by atoms with E-state index in [4.69, 9.17) is 11.6 Å². The molecule has 0 aromatic carbocycles. The van der Waals surface area contributed by atoms with E-state index in [0.29, 0.717) is 12.4 Å². The summed E-state index contributed by atoms with van der Waals surface area (Å²) in [6, 6.07) is 3.58. The maximum atomic E-state index is 12.0. The maximum absolute atomic E-state index is 12.0. The van der Waals surface area contributed by atoms with Crippen molar-refractivity contribution in [2.75, 3.05) is 18.4 Å². The first-order valence-electron chi connectivity index (χ1n) is 6.58. The molecular formula is C13H17ClN4O2. The standard InChI is InChI=1S/C13H17ClN4O2/c1-2-15-10-6-5-9(14)12(18-10)13(20)16-7-11(19)17-8-3-4-8/h5-6,8H,2-4,7H2,1H3,(H,15,18)(H,16,20)(H,17,19). The monoisotopic (exact) mass is 296 g/mol. The van der Waals surface area contributed by atoms with Gasteiger partial charge in [0.1, 0.15) is 11.5 Å². The Hall–Kier alpha value is -1.82. The van der Waals surface area contributed by atoms with Gasteiger partial charge in [-0.05, 0) is 31.9 Å². The molecule has 1 aromatic heterocycles. The molecule has 1 saturated carbocycles. The lowest BCUT2D eigenvalue weighted by Crippen LogP contribution is -2.38. The summed E-state index contributed by atoms with van der Waals surface area (Å²) in [5, 5.41) is 8.56. The molecule has 0 unspecified atom stereocenters. The van der Waals surface area contributed by atoms with Gasteiger partial charge < -0.3 is 16.0 Å².